The largest absolute Gasteiger partial charge is 0.376 e. The van der Waals surface area contributed by atoms with Gasteiger partial charge in [0.25, 0.3) is 5.56 Å². The number of thiophene rings is 1. The zero-order valence-corrected chi connectivity index (χ0v) is 17.8. The van der Waals surface area contributed by atoms with Crippen molar-refractivity contribution in [2.75, 3.05) is 6.61 Å². The zero-order valence-electron chi connectivity index (χ0n) is 16.1. The molecule has 3 aromatic heterocycles. The average molecular weight is 418 g/mol. The predicted octanol–water partition coefficient (Wildman–Crippen LogP) is 4.02. The van der Waals surface area contributed by atoms with Crippen LogP contribution in [-0.2, 0) is 29.9 Å². The minimum atomic E-state index is 0.0983. The molecule has 28 heavy (non-hydrogen) atoms. The van der Waals surface area contributed by atoms with E-state index in [-0.39, 0.29) is 11.7 Å². The topological polar surface area (TPSA) is 70.2 Å². The zero-order chi connectivity index (χ0) is 19.3. The van der Waals surface area contributed by atoms with E-state index in [4.69, 9.17) is 14.2 Å². The number of fused-ring (bicyclic) bond motifs is 3. The van der Waals surface area contributed by atoms with Crippen LogP contribution < -0.4 is 5.56 Å². The average Bonchev–Trinajstić information content (AvgIpc) is 3.43. The number of aryl methyl sites for hydroxylation is 4. The van der Waals surface area contributed by atoms with Gasteiger partial charge in [-0.1, -0.05) is 16.9 Å². The normalized spacial score (nSPS) is 19.0. The lowest BCUT2D eigenvalue weighted by Crippen LogP contribution is -2.28. The van der Waals surface area contributed by atoms with E-state index in [0.717, 1.165) is 71.1 Å². The Bertz CT molecular complexity index is 1070. The highest BCUT2D eigenvalue weighted by molar-refractivity contribution is 7.98. The molecule has 0 radical (unpaired) electrons. The van der Waals surface area contributed by atoms with Crippen LogP contribution in [0.3, 0.4) is 0 Å². The third-order valence-corrected chi connectivity index (χ3v) is 7.92. The van der Waals surface area contributed by atoms with Gasteiger partial charge in [0, 0.05) is 22.8 Å². The molecule has 6 nitrogen and oxygen atoms in total. The molecular formula is C20H23N3O3S2. The van der Waals surface area contributed by atoms with Crippen molar-refractivity contribution in [2.24, 2.45) is 0 Å². The highest BCUT2D eigenvalue weighted by Gasteiger charge is 2.25. The van der Waals surface area contributed by atoms with Crippen molar-refractivity contribution in [2.45, 2.75) is 69.5 Å². The monoisotopic (exact) mass is 417 g/mol. The maximum atomic E-state index is 13.5. The molecular weight excluding hydrogens is 394 g/mol. The van der Waals surface area contributed by atoms with E-state index in [1.807, 2.05) is 18.4 Å². The molecule has 0 unspecified atom stereocenters. The Balaban J connectivity index is 1.56. The summed E-state index contributed by atoms with van der Waals surface area (Å²) in [7, 11) is 0. The molecule has 1 aliphatic heterocycles. The summed E-state index contributed by atoms with van der Waals surface area (Å²) in [4.78, 5) is 20.7. The molecule has 3 aromatic rings. The Hall–Kier alpha value is -1.64. The molecule has 5 rings (SSSR count). The lowest BCUT2D eigenvalue weighted by molar-refractivity contribution is 0.0937. The van der Waals surface area contributed by atoms with E-state index in [1.165, 1.54) is 10.4 Å². The van der Waals surface area contributed by atoms with Crippen LogP contribution >= 0.6 is 23.1 Å². The second kappa shape index (κ2) is 7.31. The Morgan fingerprint density at radius 3 is 2.93 bits per heavy atom. The maximum Gasteiger partial charge on any atom is 0.263 e. The Morgan fingerprint density at radius 1 is 1.29 bits per heavy atom. The van der Waals surface area contributed by atoms with Crippen molar-refractivity contribution in [1.82, 2.24) is 14.7 Å². The number of nitrogens with zero attached hydrogens (tertiary/aromatic N) is 3. The van der Waals surface area contributed by atoms with Crippen LogP contribution in [0.15, 0.2) is 14.5 Å². The summed E-state index contributed by atoms with van der Waals surface area (Å²) < 4.78 is 13.0. The first kappa shape index (κ1) is 18.4. The molecule has 4 heterocycles. The third-order valence-electron chi connectivity index (χ3n) is 5.73. The second-order valence-corrected chi connectivity index (χ2v) is 9.60. The van der Waals surface area contributed by atoms with Crippen LogP contribution in [0.4, 0.5) is 0 Å². The Morgan fingerprint density at radius 2 is 2.18 bits per heavy atom. The first-order valence-electron chi connectivity index (χ1n) is 9.83. The first-order chi connectivity index (χ1) is 13.6. The summed E-state index contributed by atoms with van der Waals surface area (Å²) in [5, 5.41) is 5.66. The van der Waals surface area contributed by atoms with Crippen molar-refractivity contribution >= 4 is 33.3 Å². The van der Waals surface area contributed by atoms with E-state index >= 15 is 0 Å². The first-order valence-corrected chi connectivity index (χ1v) is 11.6. The standard InChI is InChI=1S/C20H23N3O3S2/c1-11-15(12(2)26-22-11)10-27-20-21-18-17(14-6-3-7-16(14)28-18)19(24)23(20)9-13-5-4-8-25-13/h13H,3-10H2,1-2H3/t13-/m1/s1. The highest BCUT2D eigenvalue weighted by atomic mass is 32.2. The molecule has 1 fully saturated rings. The minimum Gasteiger partial charge on any atom is -0.376 e. The van der Waals surface area contributed by atoms with Crippen molar-refractivity contribution in [3.05, 3.63) is 37.8 Å². The van der Waals surface area contributed by atoms with E-state index < -0.39 is 0 Å². The lowest BCUT2D eigenvalue weighted by atomic mass is 10.2. The fourth-order valence-electron chi connectivity index (χ4n) is 4.17. The van der Waals surface area contributed by atoms with Gasteiger partial charge in [0.2, 0.25) is 0 Å². The molecule has 0 amide bonds. The van der Waals surface area contributed by atoms with Gasteiger partial charge in [-0.2, -0.15) is 0 Å². The second-order valence-electron chi connectivity index (χ2n) is 7.57. The summed E-state index contributed by atoms with van der Waals surface area (Å²) in [6.07, 6.45) is 5.37. The van der Waals surface area contributed by atoms with Crippen LogP contribution in [0.5, 0.6) is 0 Å². The molecule has 148 valence electrons. The van der Waals surface area contributed by atoms with Gasteiger partial charge in [0.15, 0.2) is 5.16 Å². The molecule has 1 aliphatic carbocycles. The quantitative estimate of drug-likeness (QED) is 0.461. The van der Waals surface area contributed by atoms with Crippen LogP contribution in [0, 0.1) is 13.8 Å². The van der Waals surface area contributed by atoms with Crippen molar-refractivity contribution < 1.29 is 9.26 Å². The summed E-state index contributed by atoms with van der Waals surface area (Å²) in [6.45, 7) is 5.24. The third kappa shape index (κ3) is 3.11. The van der Waals surface area contributed by atoms with Gasteiger partial charge in [0.1, 0.15) is 10.6 Å². The SMILES string of the molecule is Cc1noc(C)c1CSc1nc2sc3c(c2c(=O)n1C[C@H]1CCCO1)CCC3. The van der Waals surface area contributed by atoms with Crippen LogP contribution in [0.1, 0.15) is 46.7 Å². The van der Waals surface area contributed by atoms with E-state index in [0.29, 0.717) is 12.3 Å². The van der Waals surface area contributed by atoms with Gasteiger partial charge in [-0.15, -0.1) is 11.3 Å². The van der Waals surface area contributed by atoms with Gasteiger partial charge in [-0.25, -0.2) is 4.98 Å². The smallest absolute Gasteiger partial charge is 0.263 e. The summed E-state index contributed by atoms with van der Waals surface area (Å²) in [6, 6.07) is 0. The number of hydrogen-bond donors (Lipinski definition) is 0. The summed E-state index contributed by atoms with van der Waals surface area (Å²) in [5.41, 5.74) is 3.31. The Kier molecular flexibility index (Phi) is 4.80. The fraction of sp³-hybridized carbons (Fsp3) is 0.550. The molecule has 0 spiro atoms. The van der Waals surface area contributed by atoms with Crippen molar-refractivity contribution in [3.8, 4) is 0 Å². The van der Waals surface area contributed by atoms with Crippen LogP contribution in [-0.4, -0.2) is 27.4 Å². The molecule has 0 saturated carbocycles. The number of thioether (sulfide) groups is 1. The van der Waals surface area contributed by atoms with E-state index in [1.54, 1.807) is 23.1 Å². The Labute approximate surface area is 171 Å². The van der Waals surface area contributed by atoms with Gasteiger partial charge in [0.05, 0.1) is 23.7 Å². The molecule has 0 aromatic carbocycles. The van der Waals surface area contributed by atoms with Gasteiger partial charge in [-0.3, -0.25) is 9.36 Å². The fourth-order valence-corrected chi connectivity index (χ4v) is 6.63. The number of aromatic nitrogens is 3. The maximum absolute atomic E-state index is 13.5. The molecule has 1 atom stereocenters. The van der Waals surface area contributed by atoms with E-state index in [2.05, 4.69) is 5.16 Å². The predicted molar refractivity (Wildman–Crippen MR) is 110 cm³/mol. The highest BCUT2D eigenvalue weighted by Crippen LogP contribution is 2.36. The van der Waals surface area contributed by atoms with Crippen LogP contribution in [0.2, 0.25) is 0 Å². The number of hydrogen-bond acceptors (Lipinski definition) is 7. The molecule has 1 saturated heterocycles. The molecule has 0 bridgehead atoms. The van der Waals surface area contributed by atoms with Gasteiger partial charge < -0.3 is 9.26 Å². The van der Waals surface area contributed by atoms with Gasteiger partial charge in [-0.05, 0) is 51.5 Å². The molecule has 2 aliphatic rings. The summed E-state index contributed by atoms with van der Waals surface area (Å²) in [5.74, 6) is 1.52. The minimum absolute atomic E-state index is 0.0983. The molecule has 8 heteroatoms. The van der Waals surface area contributed by atoms with Crippen molar-refractivity contribution in [3.63, 3.8) is 0 Å². The number of ether oxygens (including phenoxy) is 1. The lowest BCUT2D eigenvalue weighted by Gasteiger charge is -2.16. The van der Waals surface area contributed by atoms with Crippen LogP contribution in [0.25, 0.3) is 10.2 Å². The molecule has 0 N–H and O–H groups in total. The summed E-state index contributed by atoms with van der Waals surface area (Å²) >= 11 is 3.29. The van der Waals surface area contributed by atoms with E-state index in [9.17, 15) is 4.79 Å². The number of rotatable bonds is 5. The van der Waals surface area contributed by atoms with Crippen molar-refractivity contribution in [1.29, 1.82) is 0 Å². The van der Waals surface area contributed by atoms with Gasteiger partial charge >= 0.3 is 0 Å².